The number of fused-ring (bicyclic) bond motifs is 2. The zero-order chi connectivity index (χ0) is 89.2. The Morgan fingerprint density at radius 2 is 1.11 bits per heavy atom. The number of benzene rings is 5. The van der Waals surface area contributed by atoms with E-state index in [1.165, 1.54) is 90.9 Å². The fraction of sp³-hybridized carbons (Fsp3) is 0.604. The van der Waals surface area contributed by atoms with Crippen LogP contribution in [-0.2, 0) is 78.2 Å². The number of phenols is 1. The van der Waals surface area contributed by atoms with Crippen molar-refractivity contribution in [1.29, 1.82) is 0 Å². The summed E-state index contributed by atoms with van der Waals surface area (Å²) in [6, 6.07) is 38.9. The fourth-order valence-corrected chi connectivity index (χ4v) is 18.3. The molecule has 6 aliphatic carbocycles. The molecule has 5 aromatic rings. The van der Waals surface area contributed by atoms with Gasteiger partial charge in [0, 0.05) is 12.0 Å². The molecule has 8 aliphatic rings. The first kappa shape index (κ1) is 99.2. The third kappa shape index (κ3) is 27.0. The lowest BCUT2D eigenvalue weighted by molar-refractivity contribution is -0.239. The molecule has 5 unspecified atom stereocenters. The molecule has 0 spiro atoms. The highest BCUT2D eigenvalue weighted by Crippen LogP contribution is 2.64. The topological polar surface area (TPSA) is 263 Å². The van der Waals surface area contributed by atoms with Gasteiger partial charge in [0.25, 0.3) is 0 Å². The number of cyclic esters (lactones) is 1. The van der Waals surface area contributed by atoms with Crippen LogP contribution in [-0.4, -0.2) is 102 Å². The lowest BCUT2D eigenvalue weighted by atomic mass is 9.48. The Bertz CT molecular complexity index is 4340. The van der Waals surface area contributed by atoms with E-state index in [4.69, 9.17) is 37.9 Å². The number of hydrogen-bond acceptors (Lipinski definition) is 19. The Labute approximate surface area is 714 Å². The van der Waals surface area contributed by atoms with Crippen molar-refractivity contribution in [2.24, 2.45) is 44.8 Å². The number of esters is 6. The van der Waals surface area contributed by atoms with Crippen molar-refractivity contribution >= 4 is 56.8 Å². The minimum atomic E-state index is -5.27. The normalized spacial score (nSPS) is 20.9. The summed E-state index contributed by atoms with van der Waals surface area (Å²) >= 11 is 0. The molecular formula is C96H133F3O19S2. The maximum absolute atomic E-state index is 13.3. The zero-order valence-electron chi connectivity index (χ0n) is 74.5. The van der Waals surface area contributed by atoms with Crippen LogP contribution in [0.25, 0.3) is 0 Å². The maximum Gasteiger partial charge on any atom is 0.426 e. The molecule has 664 valence electrons. The zero-order valence-corrected chi connectivity index (χ0v) is 76.2. The molecule has 24 heteroatoms. The lowest BCUT2D eigenvalue weighted by Crippen LogP contribution is -2.61. The predicted octanol–water partition coefficient (Wildman–Crippen LogP) is 23.0. The SMILES string of the molecule is CCC(C)(C)C(=O)OC(C)(C)C1CCCCC1.CCC(C)(C)C(=O)OC12CC3CC(C1)CC(C(=O)OC(CS(=O)(=O)[O-])C(F)(F)F)(C3)C2.CCC(C)(C)C(=O)OC1=C(C)C(C)OC1=O.CCC(C)(C)C(=O)Oc1ccc(O)c(C)c1C.CCC(C)c1ccc(OCOC2CCCCC2)cc1.c1ccc([S+]2c3ccccc3Oc3ccccc32)cc1. The van der Waals surface area contributed by atoms with E-state index >= 15 is 0 Å². The fourth-order valence-electron chi connectivity index (χ4n) is 15.5. The van der Waals surface area contributed by atoms with Gasteiger partial charge in [-0.3, -0.25) is 24.0 Å². The Morgan fingerprint density at radius 3 is 1.60 bits per heavy atom. The van der Waals surface area contributed by atoms with E-state index in [-0.39, 0.29) is 69.7 Å². The van der Waals surface area contributed by atoms with E-state index in [0.29, 0.717) is 74.6 Å². The van der Waals surface area contributed by atoms with Gasteiger partial charge in [-0.2, -0.15) is 13.2 Å². The Hall–Kier alpha value is -7.93. The molecular weight excluding hydrogens is 1580 g/mol. The number of alkyl halides is 3. The number of phenolic OH excluding ortho intramolecular Hbond substituents is 1. The van der Waals surface area contributed by atoms with Gasteiger partial charge in [-0.25, -0.2) is 13.2 Å². The first-order valence-electron chi connectivity index (χ1n) is 42.9. The molecule has 120 heavy (non-hydrogen) atoms. The van der Waals surface area contributed by atoms with Gasteiger partial charge in [0.1, 0.15) is 45.4 Å². The van der Waals surface area contributed by atoms with E-state index in [0.717, 1.165) is 47.6 Å². The van der Waals surface area contributed by atoms with Gasteiger partial charge in [-0.05, 0) is 288 Å². The number of carbonyl (C=O) groups excluding carboxylic acids is 6. The first-order chi connectivity index (χ1) is 56.1. The molecule has 5 atom stereocenters. The lowest BCUT2D eigenvalue weighted by Gasteiger charge is -2.60. The second-order valence-electron chi connectivity index (χ2n) is 36.6. The van der Waals surface area contributed by atoms with Crippen LogP contribution in [0.15, 0.2) is 141 Å². The Kier molecular flexibility index (Phi) is 35.1. The molecule has 4 bridgehead atoms. The largest absolute Gasteiger partial charge is 0.748 e. The molecule has 5 aromatic carbocycles. The standard InChI is InChI=1S/C20H29F3O7S.C18H13OS.C17H26O2.C15H28O2.C14H20O3.C12H18O4/c1-4-17(2,3)15(24)30-19-8-12-5-13(9-19)7-18(6-12,11-19)16(25)29-14(20(21,22)23)10-31(26,27)28;1-2-8-14(9-3-1)20-17-12-6-4-10-15(17)19-16-11-5-7-13-18(16)20;1-3-14(2)15-9-11-17(12-10-15)19-13-18-16-7-5-4-6-8-16;1-6-14(2,3)13(16)17-15(4,5)12-10-8-7-9-11-12;1-6-14(4,5)13(16)17-12-8-7-11(15)9(2)10(12)3;1-6-12(4,5)11(14)16-9-7(2)8(3)15-10(9)13/h12-14H,4-11H2,1-3H3,(H,26,27,28);1-13H;9-12,14,16H,3-8,13H2,1-2H3;12H,6-11H2,1-5H3;7-8,15H,6H2,1-5H3;8H,6H2,1-5H3/q;+1;;;;/p-1. The van der Waals surface area contributed by atoms with Crippen LogP contribution in [0.4, 0.5) is 13.2 Å². The molecule has 19 nitrogen and oxygen atoms in total. The molecule has 13 rings (SSSR count). The summed E-state index contributed by atoms with van der Waals surface area (Å²) in [7, 11) is -5.35. The number of halogens is 3. The average Bonchev–Trinajstić information content (AvgIpc) is 0.794. The summed E-state index contributed by atoms with van der Waals surface area (Å²) in [5, 5.41) is 9.52. The highest BCUT2D eigenvalue weighted by Gasteiger charge is 2.64. The van der Waals surface area contributed by atoms with Crippen molar-refractivity contribution in [2.45, 2.75) is 330 Å². The van der Waals surface area contributed by atoms with E-state index < -0.39 is 79.3 Å². The maximum atomic E-state index is 13.3. The molecule has 2 aliphatic heterocycles. The average molecular weight is 1710 g/mol. The number of aromatic hydroxyl groups is 1. The van der Waals surface area contributed by atoms with Crippen LogP contribution in [0.3, 0.4) is 0 Å². The summed E-state index contributed by atoms with van der Waals surface area (Å²) < 4.78 is 122. The number of ether oxygens (including phenoxy) is 9. The summed E-state index contributed by atoms with van der Waals surface area (Å²) in [4.78, 5) is 76.8. The van der Waals surface area contributed by atoms with E-state index in [1.54, 1.807) is 60.6 Å². The highest BCUT2D eigenvalue weighted by molar-refractivity contribution is 7.97. The minimum absolute atomic E-state index is 0.00100. The Balaban J connectivity index is 0.000000202. The molecule has 0 amide bonds. The van der Waals surface area contributed by atoms with E-state index in [2.05, 4.69) is 99.2 Å². The van der Waals surface area contributed by atoms with Crippen molar-refractivity contribution in [3.8, 4) is 28.7 Å². The van der Waals surface area contributed by atoms with Crippen LogP contribution in [0.1, 0.15) is 282 Å². The van der Waals surface area contributed by atoms with Gasteiger partial charge in [0.05, 0.1) is 49.0 Å². The van der Waals surface area contributed by atoms with Gasteiger partial charge in [0.2, 0.25) is 21.7 Å². The molecule has 6 saturated carbocycles. The second-order valence-corrected chi connectivity index (χ2v) is 40.0. The van der Waals surface area contributed by atoms with Crippen LogP contribution in [0, 0.1) is 58.7 Å². The van der Waals surface area contributed by atoms with Crippen LogP contribution >= 0.6 is 0 Å². The number of hydrogen-bond donors (Lipinski definition) is 1. The van der Waals surface area contributed by atoms with Gasteiger partial charge in [-0.1, -0.05) is 135 Å². The van der Waals surface area contributed by atoms with Crippen molar-refractivity contribution in [1.82, 2.24) is 0 Å². The van der Waals surface area contributed by atoms with Crippen molar-refractivity contribution in [3.63, 3.8) is 0 Å². The number of carbonyl (C=O) groups is 6. The molecule has 0 radical (unpaired) electrons. The Morgan fingerprint density at radius 1 is 0.617 bits per heavy atom. The number of rotatable bonds is 24. The number of para-hydroxylation sites is 2. The summed E-state index contributed by atoms with van der Waals surface area (Å²) in [5.74, 6) is 0.120. The third-order valence-electron chi connectivity index (χ3n) is 25.4. The van der Waals surface area contributed by atoms with E-state index in [9.17, 15) is 60.0 Å². The van der Waals surface area contributed by atoms with Gasteiger partial charge in [-0.15, -0.1) is 0 Å². The van der Waals surface area contributed by atoms with Crippen LogP contribution in [0.2, 0.25) is 0 Å². The second kappa shape index (κ2) is 42.4. The summed E-state index contributed by atoms with van der Waals surface area (Å²) in [6.45, 7) is 38.6. The summed E-state index contributed by atoms with van der Waals surface area (Å²) in [5.41, 5.74) is -1.10. The third-order valence-corrected chi connectivity index (χ3v) is 28.4. The first-order valence-corrected chi connectivity index (χ1v) is 45.7. The molecule has 0 saturated heterocycles. The molecule has 2 heterocycles. The van der Waals surface area contributed by atoms with Gasteiger partial charge < -0.3 is 52.3 Å². The van der Waals surface area contributed by atoms with Gasteiger partial charge in [0.15, 0.2) is 23.2 Å². The quantitative estimate of drug-likeness (QED) is 0.0147. The van der Waals surface area contributed by atoms with E-state index in [1.807, 2.05) is 98.7 Å². The predicted molar refractivity (Wildman–Crippen MR) is 457 cm³/mol. The van der Waals surface area contributed by atoms with Crippen molar-refractivity contribution in [3.05, 3.63) is 143 Å². The smallest absolute Gasteiger partial charge is 0.426 e. The van der Waals surface area contributed by atoms with Crippen LogP contribution in [0.5, 0.6) is 28.7 Å². The molecule has 1 N–H and O–H groups in total. The molecule has 0 aromatic heterocycles. The monoisotopic (exact) mass is 1710 g/mol. The van der Waals surface area contributed by atoms with Crippen molar-refractivity contribution < 1.29 is 103 Å². The van der Waals surface area contributed by atoms with Crippen LogP contribution < -0.4 is 14.2 Å². The summed E-state index contributed by atoms with van der Waals surface area (Å²) in [6.07, 6.45) is 11.0. The van der Waals surface area contributed by atoms with Crippen molar-refractivity contribution in [2.75, 3.05) is 12.5 Å². The minimum Gasteiger partial charge on any atom is -0.748 e. The molecule has 6 fully saturated rings. The van der Waals surface area contributed by atoms with Gasteiger partial charge >= 0.3 is 42.0 Å². The highest BCUT2D eigenvalue weighted by atomic mass is 32.2.